The second-order valence-corrected chi connectivity index (χ2v) is 12.7. The second-order valence-electron chi connectivity index (χ2n) is 10.7. The molecule has 0 saturated heterocycles. The van der Waals surface area contributed by atoms with Gasteiger partial charge < -0.3 is 0 Å². The molecule has 0 atom stereocenters. The smallest absolute Gasteiger partial charge is 0.0612 e. The molecule has 0 fully saturated rings. The average molecular weight is 601 g/mol. The highest BCUT2D eigenvalue weighted by Gasteiger charge is 2.22. The molecule has 0 radical (unpaired) electrons. The van der Waals surface area contributed by atoms with Gasteiger partial charge in [-0.3, -0.25) is 8.61 Å². The minimum absolute atomic E-state index is 1.16. The predicted octanol–water partition coefficient (Wildman–Crippen LogP) is 12.5. The van der Waals surface area contributed by atoms with Crippen LogP contribution in [0.15, 0.2) is 170 Å². The van der Waals surface area contributed by atoms with Crippen molar-refractivity contribution in [3.8, 4) is 0 Å². The first-order valence-electron chi connectivity index (χ1n) is 14.7. The summed E-state index contributed by atoms with van der Waals surface area (Å²) in [5, 5.41) is 9.77. The van der Waals surface area contributed by atoms with Crippen molar-refractivity contribution in [2.75, 3.05) is 8.61 Å². The first-order valence-corrected chi connectivity index (χ1v) is 16.8. The van der Waals surface area contributed by atoms with E-state index in [0.29, 0.717) is 0 Å². The van der Waals surface area contributed by atoms with Gasteiger partial charge >= 0.3 is 0 Å². The summed E-state index contributed by atoms with van der Waals surface area (Å²) in [5.74, 6) is 0. The summed E-state index contributed by atoms with van der Waals surface area (Å²) in [6.07, 6.45) is 0. The maximum atomic E-state index is 2.40. The molecule has 0 aliphatic rings. The van der Waals surface area contributed by atoms with Crippen LogP contribution in [0.5, 0.6) is 0 Å². The van der Waals surface area contributed by atoms with Crippen LogP contribution in [-0.4, -0.2) is 0 Å². The van der Waals surface area contributed by atoms with Gasteiger partial charge in [0.2, 0.25) is 0 Å². The fraction of sp³-hybridized carbons (Fsp3) is 0. The van der Waals surface area contributed by atoms with Crippen LogP contribution in [0, 0.1) is 0 Å². The highest BCUT2D eigenvalue weighted by Crippen LogP contribution is 2.50. The van der Waals surface area contributed by atoms with E-state index in [2.05, 4.69) is 178 Å². The Hall–Kier alpha value is -4.90. The third kappa shape index (κ3) is 4.83. The Kier molecular flexibility index (Phi) is 7.07. The summed E-state index contributed by atoms with van der Waals surface area (Å²) in [4.78, 5) is 0. The van der Waals surface area contributed by atoms with Crippen LogP contribution < -0.4 is 8.61 Å². The van der Waals surface area contributed by atoms with E-state index in [1.807, 2.05) is 0 Å². The lowest BCUT2D eigenvalue weighted by Crippen LogP contribution is -2.12. The van der Waals surface area contributed by atoms with Crippen molar-refractivity contribution in [1.82, 2.24) is 0 Å². The van der Waals surface area contributed by atoms with Gasteiger partial charge in [0, 0.05) is 21.5 Å². The molecule has 0 aliphatic carbocycles. The lowest BCUT2D eigenvalue weighted by Gasteiger charge is -2.30. The maximum Gasteiger partial charge on any atom is 0.0612 e. The first kappa shape index (κ1) is 26.7. The molecule has 0 amide bonds. The van der Waals surface area contributed by atoms with Gasteiger partial charge in [-0.05, 0) is 45.8 Å². The molecular formula is C40H28N2S2. The quantitative estimate of drug-likeness (QED) is 0.133. The van der Waals surface area contributed by atoms with Crippen molar-refractivity contribution in [3.63, 3.8) is 0 Å². The third-order valence-electron chi connectivity index (χ3n) is 8.12. The van der Waals surface area contributed by atoms with Crippen molar-refractivity contribution in [1.29, 1.82) is 0 Å². The number of anilines is 4. The molecule has 2 nitrogen and oxygen atoms in total. The van der Waals surface area contributed by atoms with E-state index >= 15 is 0 Å². The van der Waals surface area contributed by atoms with Crippen molar-refractivity contribution >= 4 is 87.8 Å². The molecule has 0 aliphatic heterocycles. The average Bonchev–Trinajstić information content (AvgIpc) is 3.10. The lowest BCUT2D eigenvalue weighted by atomic mass is 10.1. The fourth-order valence-electron chi connectivity index (χ4n) is 6.03. The molecule has 0 N–H and O–H groups in total. The van der Waals surface area contributed by atoms with Crippen LogP contribution >= 0.6 is 22.0 Å². The van der Waals surface area contributed by atoms with Crippen LogP contribution in [0.25, 0.3) is 43.1 Å². The molecule has 8 rings (SSSR count). The zero-order chi connectivity index (χ0) is 29.3. The third-order valence-corrected chi connectivity index (χ3v) is 10.4. The molecule has 8 aromatic carbocycles. The molecule has 0 saturated carbocycles. The topological polar surface area (TPSA) is 6.48 Å². The minimum Gasteiger partial charge on any atom is -0.273 e. The normalized spacial score (nSPS) is 11.4. The Morgan fingerprint density at radius 3 is 0.750 bits per heavy atom. The van der Waals surface area contributed by atoms with E-state index in [0.717, 1.165) is 22.7 Å². The van der Waals surface area contributed by atoms with Crippen LogP contribution in [-0.2, 0) is 0 Å². The number of rotatable bonds is 7. The van der Waals surface area contributed by atoms with Crippen molar-refractivity contribution in [2.24, 2.45) is 0 Å². The SMILES string of the molecule is c1ccc2c(N(SSN(c3cccc4ccccc34)c3cccc4ccccc34)c3cccc4ccccc34)cccc2c1. The van der Waals surface area contributed by atoms with Gasteiger partial charge in [-0.15, -0.1) is 0 Å². The standard InChI is InChI=1S/C40H28N2S2/c1-5-21-33-29(13-1)17-9-25-37(33)41(38-26-10-18-30-14-2-6-22-34(30)38)43-44-42(39-27-11-19-31-15-3-7-23-35(31)39)40-28-12-20-32-16-4-8-24-36(32)40/h1-28H. The molecule has 210 valence electrons. The minimum atomic E-state index is 1.16. The Bertz CT molecular complexity index is 1940. The van der Waals surface area contributed by atoms with Gasteiger partial charge in [-0.25, -0.2) is 0 Å². The Morgan fingerprint density at radius 1 is 0.250 bits per heavy atom. The molecule has 0 spiro atoms. The van der Waals surface area contributed by atoms with Gasteiger partial charge in [0.15, 0.2) is 0 Å². The van der Waals surface area contributed by atoms with Crippen LogP contribution in [0.2, 0.25) is 0 Å². The zero-order valence-corrected chi connectivity index (χ0v) is 25.5. The monoisotopic (exact) mass is 600 g/mol. The molecule has 0 aromatic heterocycles. The number of hydrogen-bond donors (Lipinski definition) is 0. The number of hydrogen-bond acceptors (Lipinski definition) is 4. The Morgan fingerprint density at radius 2 is 0.477 bits per heavy atom. The van der Waals surface area contributed by atoms with E-state index < -0.39 is 0 Å². The van der Waals surface area contributed by atoms with Gasteiger partial charge in [-0.1, -0.05) is 146 Å². The van der Waals surface area contributed by atoms with Crippen LogP contribution in [0.4, 0.5) is 22.7 Å². The maximum absolute atomic E-state index is 2.40. The number of fused-ring (bicyclic) bond motifs is 4. The second kappa shape index (κ2) is 11.6. The fourth-order valence-corrected chi connectivity index (χ4v) is 8.48. The largest absolute Gasteiger partial charge is 0.273 e. The van der Waals surface area contributed by atoms with Gasteiger partial charge in [0.1, 0.15) is 0 Å². The van der Waals surface area contributed by atoms with E-state index in [1.54, 1.807) is 22.0 Å². The summed E-state index contributed by atoms with van der Waals surface area (Å²) in [6, 6.07) is 61.0. The molecule has 0 unspecified atom stereocenters. The molecule has 0 bridgehead atoms. The van der Waals surface area contributed by atoms with Crippen LogP contribution in [0.3, 0.4) is 0 Å². The van der Waals surface area contributed by atoms with Crippen LogP contribution in [0.1, 0.15) is 0 Å². The van der Waals surface area contributed by atoms with E-state index in [1.165, 1.54) is 43.1 Å². The summed E-state index contributed by atoms with van der Waals surface area (Å²) in [5.41, 5.74) is 4.64. The van der Waals surface area contributed by atoms with Gasteiger partial charge in [-0.2, -0.15) is 0 Å². The summed E-state index contributed by atoms with van der Waals surface area (Å²) >= 11 is 0. The molecule has 8 aromatic rings. The highest BCUT2D eigenvalue weighted by atomic mass is 33.1. The van der Waals surface area contributed by atoms with Crippen molar-refractivity contribution in [3.05, 3.63) is 170 Å². The molecule has 44 heavy (non-hydrogen) atoms. The number of benzene rings is 8. The van der Waals surface area contributed by atoms with E-state index in [9.17, 15) is 0 Å². The molecule has 4 heteroatoms. The zero-order valence-electron chi connectivity index (χ0n) is 23.9. The highest BCUT2D eigenvalue weighted by molar-refractivity contribution is 8.77. The van der Waals surface area contributed by atoms with E-state index in [-0.39, 0.29) is 0 Å². The summed E-state index contributed by atoms with van der Waals surface area (Å²) < 4.78 is 4.80. The first-order chi connectivity index (χ1) is 21.8. The van der Waals surface area contributed by atoms with Gasteiger partial charge in [0.05, 0.1) is 44.7 Å². The summed E-state index contributed by atoms with van der Waals surface area (Å²) in [7, 11) is 3.50. The predicted molar refractivity (Wildman–Crippen MR) is 195 cm³/mol. The van der Waals surface area contributed by atoms with E-state index in [4.69, 9.17) is 0 Å². The molecular weight excluding hydrogens is 573 g/mol. The number of nitrogens with zero attached hydrogens (tertiary/aromatic N) is 2. The Balaban J connectivity index is 1.32. The summed E-state index contributed by atoms with van der Waals surface area (Å²) in [6.45, 7) is 0. The van der Waals surface area contributed by atoms with Crippen molar-refractivity contribution < 1.29 is 0 Å². The van der Waals surface area contributed by atoms with Crippen molar-refractivity contribution in [2.45, 2.75) is 0 Å². The molecule has 0 heterocycles. The van der Waals surface area contributed by atoms with Gasteiger partial charge in [0.25, 0.3) is 0 Å². The Labute approximate surface area is 265 Å². The lowest BCUT2D eigenvalue weighted by molar-refractivity contribution is 1.48.